The Bertz CT molecular complexity index is 456. The molecule has 1 amide bonds. The summed E-state index contributed by atoms with van der Waals surface area (Å²) in [6.45, 7) is 7.19. The fourth-order valence-corrected chi connectivity index (χ4v) is 2.56. The minimum atomic E-state index is 0.0646. The molecule has 1 aromatic rings. The number of hydrogen-bond donors (Lipinski definition) is 2. The molecule has 1 aromatic carbocycles. The standard InChI is InChI=1S/C16H24N2O/c1-4-6-12-10-15(12)18-16(19)13-7-8-14(17-5-2)11(3)9-13/h7-9,12,15,17H,4-6,10H2,1-3H3,(H,18,19). The summed E-state index contributed by atoms with van der Waals surface area (Å²) in [5.41, 5.74) is 2.99. The Hall–Kier alpha value is -1.51. The molecule has 19 heavy (non-hydrogen) atoms. The summed E-state index contributed by atoms with van der Waals surface area (Å²) >= 11 is 0. The third-order valence-electron chi connectivity index (χ3n) is 3.75. The Morgan fingerprint density at radius 3 is 2.79 bits per heavy atom. The predicted octanol–water partition coefficient (Wildman–Crippen LogP) is 3.35. The van der Waals surface area contributed by atoms with Gasteiger partial charge in [0.15, 0.2) is 0 Å². The van der Waals surface area contributed by atoms with Crippen LogP contribution < -0.4 is 10.6 Å². The highest BCUT2D eigenvalue weighted by Gasteiger charge is 2.37. The minimum Gasteiger partial charge on any atom is -0.385 e. The van der Waals surface area contributed by atoms with Crippen molar-refractivity contribution in [2.75, 3.05) is 11.9 Å². The van der Waals surface area contributed by atoms with E-state index in [9.17, 15) is 4.79 Å². The predicted molar refractivity (Wildman–Crippen MR) is 79.6 cm³/mol. The van der Waals surface area contributed by atoms with Crippen molar-refractivity contribution in [1.82, 2.24) is 5.32 Å². The van der Waals surface area contributed by atoms with Gasteiger partial charge in [-0.15, -0.1) is 0 Å². The zero-order chi connectivity index (χ0) is 13.8. The lowest BCUT2D eigenvalue weighted by Crippen LogP contribution is -2.26. The normalized spacial score (nSPS) is 21.0. The van der Waals surface area contributed by atoms with Gasteiger partial charge in [-0.3, -0.25) is 4.79 Å². The molecular formula is C16H24N2O. The van der Waals surface area contributed by atoms with Crippen molar-refractivity contribution in [1.29, 1.82) is 0 Å². The maximum Gasteiger partial charge on any atom is 0.251 e. The van der Waals surface area contributed by atoms with E-state index in [0.29, 0.717) is 12.0 Å². The number of hydrogen-bond acceptors (Lipinski definition) is 2. The molecule has 2 unspecified atom stereocenters. The summed E-state index contributed by atoms with van der Waals surface area (Å²) in [6.07, 6.45) is 3.57. The van der Waals surface area contributed by atoms with Gasteiger partial charge in [0, 0.05) is 23.8 Å². The third-order valence-corrected chi connectivity index (χ3v) is 3.75. The molecule has 3 heteroatoms. The number of aryl methyl sites for hydroxylation is 1. The number of carbonyl (C=O) groups is 1. The molecule has 0 aromatic heterocycles. The zero-order valence-corrected chi connectivity index (χ0v) is 12.1. The van der Waals surface area contributed by atoms with Crippen molar-refractivity contribution in [2.24, 2.45) is 5.92 Å². The Labute approximate surface area is 115 Å². The van der Waals surface area contributed by atoms with Crippen LogP contribution in [-0.4, -0.2) is 18.5 Å². The lowest BCUT2D eigenvalue weighted by atomic mass is 10.1. The first-order chi connectivity index (χ1) is 9.15. The quantitative estimate of drug-likeness (QED) is 0.823. The molecule has 3 nitrogen and oxygen atoms in total. The van der Waals surface area contributed by atoms with Crippen LogP contribution in [0.4, 0.5) is 5.69 Å². The van der Waals surface area contributed by atoms with E-state index < -0.39 is 0 Å². The van der Waals surface area contributed by atoms with E-state index >= 15 is 0 Å². The van der Waals surface area contributed by atoms with Gasteiger partial charge in [0.05, 0.1) is 0 Å². The maximum absolute atomic E-state index is 12.1. The maximum atomic E-state index is 12.1. The summed E-state index contributed by atoms with van der Waals surface area (Å²) < 4.78 is 0. The highest BCUT2D eigenvalue weighted by atomic mass is 16.1. The van der Waals surface area contributed by atoms with E-state index in [-0.39, 0.29) is 5.91 Å². The number of nitrogens with one attached hydrogen (secondary N) is 2. The van der Waals surface area contributed by atoms with Crippen LogP contribution in [0.1, 0.15) is 49.0 Å². The zero-order valence-electron chi connectivity index (χ0n) is 12.1. The first kappa shape index (κ1) is 13.9. The van der Waals surface area contributed by atoms with Gasteiger partial charge in [-0.05, 0) is 56.4 Å². The molecule has 0 bridgehead atoms. The fraction of sp³-hybridized carbons (Fsp3) is 0.562. The Kier molecular flexibility index (Phi) is 4.46. The second-order valence-electron chi connectivity index (χ2n) is 5.42. The summed E-state index contributed by atoms with van der Waals surface area (Å²) in [4.78, 5) is 12.1. The van der Waals surface area contributed by atoms with E-state index in [2.05, 4.69) is 24.5 Å². The molecule has 2 N–H and O–H groups in total. The van der Waals surface area contributed by atoms with E-state index in [4.69, 9.17) is 0 Å². The molecule has 0 aliphatic heterocycles. The summed E-state index contributed by atoms with van der Waals surface area (Å²) in [7, 11) is 0. The van der Waals surface area contributed by atoms with Crippen LogP contribution >= 0.6 is 0 Å². The van der Waals surface area contributed by atoms with Gasteiger partial charge in [-0.1, -0.05) is 13.3 Å². The van der Waals surface area contributed by atoms with Crippen LogP contribution in [0.2, 0.25) is 0 Å². The largest absolute Gasteiger partial charge is 0.385 e. The van der Waals surface area contributed by atoms with Crippen LogP contribution in [0.15, 0.2) is 18.2 Å². The fourth-order valence-electron chi connectivity index (χ4n) is 2.56. The van der Waals surface area contributed by atoms with Crippen molar-refractivity contribution in [3.63, 3.8) is 0 Å². The summed E-state index contributed by atoms with van der Waals surface area (Å²) in [6, 6.07) is 6.26. The molecule has 0 saturated heterocycles. The number of amides is 1. The SMILES string of the molecule is CCCC1CC1NC(=O)c1ccc(NCC)c(C)c1. The smallest absolute Gasteiger partial charge is 0.251 e. The molecule has 0 radical (unpaired) electrons. The van der Waals surface area contributed by atoms with Crippen molar-refractivity contribution in [2.45, 2.75) is 46.1 Å². The van der Waals surface area contributed by atoms with Crippen LogP contribution in [0.25, 0.3) is 0 Å². The van der Waals surface area contributed by atoms with E-state index in [1.807, 2.05) is 25.1 Å². The topological polar surface area (TPSA) is 41.1 Å². The van der Waals surface area contributed by atoms with Crippen molar-refractivity contribution < 1.29 is 4.79 Å². The average Bonchev–Trinajstić information content (AvgIpc) is 3.10. The Morgan fingerprint density at radius 2 is 2.16 bits per heavy atom. The molecule has 104 valence electrons. The number of carbonyl (C=O) groups excluding carboxylic acids is 1. The molecule has 0 spiro atoms. The molecular weight excluding hydrogens is 236 g/mol. The van der Waals surface area contributed by atoms with Gasteiger partial charge in [-0.25, -0.2) is 0 Å². The monoisotopic (exact) mass is 260 g/mol. The highest BCUT2D eigenvalue weighted by molar-refractivity contribution is 5.95. The van der Waals surface area contributed by atoms with Crippen molar-refractivity contribution in [3.05, 3.63) is 29.3 Å². The summed E-state index contributed by atoms with van der Waals surface area (Å²) in [5, 5.41) is 6.41. The average molecular weight is 260 g/mol. The number of rotatable bonds is 6. The van der Waals surface area contributed by atoms with Gasteiger partial charge in [0.25, 0.3) is 5.91 Å². The van der Waals surface area contributed by atoms with E-state index in [0.717, 1.165) is 29.8 Å². The van der Waals surface area contributed by atoms with E-state index in [1.54, 1.807) is 0 Å². The number of benzene rings is 1. The van der Waals surface area contributed by atoms with Gasteiger partial charge in [-0.2, -0.15) is 0 Å². The molecule has 0 heterocycles. The third kappa shape index (κ3) is 3.49. The summed E-state index contributed by atoms with van der Waals surface area (Å²) in [5.74, 6) is 0.769. The van der Waals surface area contributed by atoms with Gasteiger partial charge in [0.2, 0.25) is 0 Å². The Morgan fingerprint density at radius 1 is 1.37 bits per heavy atom. The van der Waals surface area contributed by atoms with Gasteiger partial charge < -0.3 is 10.6 Å². The number of anilines is 1. The van der Waals surface area contributed by atoms with Crippen molar-refractivity contribution in [3.8, 4) is 0 Å². The Balaban J connectivity index is 1.94. The first-order valence-corrected chi connectivity index (χ1v) is 7.31. The minimum absolute atomic E-state index is 0.0646. The molecule has 1 saturated carbocycles. The van der Waals surface area contributed by atoms with E-state index in [1.165, 1.54) is 12.8 Å². The molecule has 1 fully saturated rings. The molecule has 1 aliphatic carbocycles. The lowest BCUT2D eigenvalue weighted by Gasteiger charge is -2.10. The van der Waals surface area contributed by atoms with Crippen LogP contribution in [-0.2, 0) is 0 Å². The van der Waals surface area contributed by atoms with Crippen LogP contribution in [0.3, 0.4) is 0 Å². The lowest BCUT2D eigenvalue weighted by molar-refractivity contribution is 0.0949. The molecule has 1 aliphatic rings. The highest BCUT2D eigenvalue weighted by Crippen LogP contribution is 2.34. The molecule has 2 atom stereocenters. The first-order valence-electron chi connectivity index (χ1n) is 7.31. The van der Waals surface area contributed by atoms with Crippen LogP contribution in [0, 0.1) is 12.8 Å². The molecule has 2 rings (SSSR count). The van der Waals surface area contributed by atoms with Crippen LogP contribution in [0.5, 0.6) is 0 Å². The van der Waals surface area contributed by atoms with Crippen molar-refractivity contribution >= 4 is 11.6 Å². The second-order valence-corrected chi connectivity index (χ2v) is 5.42. The second kappa shape index (κ2) is 6.09. The van der Waals surface area contributed by atoms with Gasteiger partial charge >= 0.3 is 0 Å². The van der Waals surface area contributed by atoms with Gasteiger partial charge in [0.1, 0.15) is 0 Å².